The second kappa shape index (κ2) is 11.3. The number of hydrogen-bond donors (Lipinski definition) is 0. The highest BCUT2D eigenvalue weighted by atomic mass is 79.9. The Kier molecular flexibility index (Phi) is 7.86. The number of para-hydroxylation sites is 2. The maximum absolute atomic E-state index is 13.2. The topological polar surface area (TPSA) is 70.9 Å². The highest BCUT2D eigenvalue weighted by molar-refractivity contribution is 9.10. The fourth-order valence-corrected chi connectivity index (χ4v) is 5.80. The summed E-state index contributed by atoms with van der Waals surface area (Å²) in [4.78, 5) is 32.2. The molecule has 0 N–H and O–H groups in total. The molecule has 37 heavy (non-hydrogen) atoms. The van der Waals surface area contributed by atoms with Crippen LogP contribution < -0.4 is 0 Å². The van der Waals surface area contributed by atoms with E-state index < -0.39 is 0 Å². The third kappa shape index (κ3) is 5.70. The monoisotopic (exact) mass is 563 g/mol. The largest absolute Gasteiger partial charge is 0.396 e. The number of carbonyl (C=O) groups is 1. The van der Waals surface area contributed by atoms with Gasteiger partial charge in [0.15, 0.2) is 0 Å². The van der Waals surface area contributed by atoms with Crippen LogP contribution >= 0.6 is 15.9 Å². The summed E-state index contributed by atoms with van der Waals surface area (Å²) in [7, 11) is 0. The number of likely N-dealkylation sites (tertiary alicyclic amines) is 2. The first-order valence-corrected chi connectivity index (χ1v) is 14.0. The molecule has 0 unspecified atom stereocenters. The molecule has 2 aromatic carbocycles. The van der Waals surface area contributed by atoms with Crippen molar-refractivity contribution in [2.24, 2.45) is 11.1 Å². The van der Waals surface area contributed by atoms with Gasteiger partial charge in [-0.2, -0.15) is 0 Å². The van der Waals surface area contributed by atoms with Crippen molar-refractivity contribution in [1.29, 1.82) is 0 Å². The number of oxime groups is 1. The molecule has 2 saturated heterocycles. The Morgan fingerprint density at radius 3 is 2.41 bits per heavy atom. The number of carbonyl (C=O) groups excluding carboxylic acids is 1. The van der Waals surface area contributed by atoms with E-state index in [9.17, 15) is 4.79 Å². The van der Waals surface area contributed by atoms with Gasteiger partial charge in [0.25, 0.3) is 5.91 Å². The normalized spacial score (nSPS) is 19.2. The first-order chi connectivity index (χ1) is 18.0. The van der Waals surface area contributed by atoms with Crippen LogP contribution in [0.4, 0.5) is 0 Å². The van der Waals surface area contributed by atoms with E-state index in [1.165, 1.54) is 0 Å². The maximum atomic E-state index is 13.2. The molecule has 8 heteroatoms. The Bertz CT molecular complexity index is 1260. The number of hydrogen-bond acceptors (Lipinski definition) is 6. The number of piperidine rings is 2. The molecule has 1 amide bonds. The van der Waals surface area contributed by atoms with Crippen molar-refractivity contribution in [2.45, 2.75) is 45.1 Å². The van der Waals surface area contributed by atoms with E-state index in [-0.39, 0.29) is 11.4 Å². The van der Waals surface area contributed by atoms with Crippen LogP contribution in [0.5, 0.6) is 0 Å². The minimum absolute atomic E-state index is 0.0229. The molecule has 0 spiro atoms. The van der Waals surface area contributed by atoms with Gasteiger partial charge < -0.3 is 9.74 Å². The number of nitrogens with zero attached hydrogens (tertiary/aromatic N) is 5. The fourth-order valence-electron chi connectivity index (χ4n) is 5.54. The third-order valence-corrected chi connectivity index (χ3v) is 8.40. The second-order valence-corrected chi connectivity index (χ2v) is 11.1. The van der Waals surface area contributed by atoms with Crippen molar-refractivity contribution >= 4 is 38.6 Å². The molecule has 3 heterocycles. The molecule has 0 radical (unpaired) electrons. The van der Waals surface area contributed by atoms with Gasteiger partial charge in [0, 0.05) is 29.0 Å². The van der Waals surface area contributed by atoms with Crippen molar-refractivity contribution in [3.63, 3.8) is 0 Å². The van der Waals surface area contributed by atoms with Crippen LogP contribution in [0, 0.1) is 5.92 Å². The molecular weight excluding hydrogens is 530 g/mol. The lowest BCUT2D eigenvalue weighted by Gasteiger charge is -2.49. The summed E-state index contributed by atoms with van der Waals surface area (Å²) in [6.07, 6.45) is 5.61. The van der Waals surface area contributed by atoms with E-state index in [0.717, 1.165) is 78.6 Å². The highest BCUT2D eigenvalue weighted by Crippen LogP contribution is 2.34. The molecule has 0 aliphatic carbocycles. The zero-order valence-electron chi connectivity index (χ0n) is 21.6. The number of rotatable bonds is 6. The molecular formula is C29H34BrN5O2. The van der Waals surface area contributed by atoms with E-state index in [2.05, 4.69) is 67.1 Å². The van der Waals surface area contributed by atoms with Crippen molar-refractivity contribution in [1.82, 2.24) is 19.8 Å². The number of aromatic nitrogens is 2. The minimum Gasteiger partial charge on any atom is -0.396 e. The molecule has 194 valence electrons. The Morgan fingerprint density at radius 2 is 1.73 bits per heavy atom. The predicted octanol–water partition coefficient (Wildman–Crippen LogP) is 5.54. The van der Waals surface area contributed by atoms with Gasteiger partial charge in [-0.05, 0) is 82.4 Å². The van der Waals surface area contributed by atoms with Crippen LogP contribution in [0.2, 0.25) is 0 Å². The van der Waals surface area contributed by atoms with Gasteiger partial charge in [-0.1, -0.05) is 45.4 Å². The van der Waals surface area contributed by atoms with Gasteiger partial charge in [-0.3, -0.25) is 14.7 Å². The first-order valence-electron chi connectivity index (χ1n) is 13.2. The minimum atomic E-state index is -0.0229. The van der Waals surface area contributed by atoms with Gasteiger partial charge in [-0.25, -0.2) is 4.98 Å². The summed E-state index contributed by atoms with van der Waals surface area (Å²) in [6.45, 7) is 8.40. The van der Waals surface area contributed by atoms with Crippen molar-refractivity contribution in [2.75, 3.05) is 32.8 Å². The fraction of sp³-hybridized carbons (Fsp3) is 0.448. The summed E-state index contributed by atoms with van der Waals surface area (Å²) < 4.78 is 1.06. The average molecular weight is 565 g/mol. The predicted molar refractivity (Wildman–Crippen MR) is 150 cm³/mol. The summed E-state index contributed by atoms with van der Waals surface area (Å²) in [5.74, 6) is 0.353. The van der Waals surface area contributed by atoms with Crippen LogP contribution in [0.3, 0.4) is 0 Å². The lowest BCUT2D eigenvalue weighted by Crippen LogP contribution is -2.56. The molecule has 3 aromatic rings. The summed E-state index contributed by atoms with van der Waals surface area (Å²) in [5.41, 5.74) is 4.26. The smallest absolute Gasteiger partial charge is 0.274 e. The molecule has 2 fully saturated rings. The Hall–Kier alpha value is -2.84. The van der Waals surface area contributed by atoms with Crippen LogP contribution in [0.25, 0.3) is 11.0 Å². The van der Waals surface area contributed by atoms with E-state index in [1.807, 2.05) is 36.1 Å². The summed E-state index contributed by atoms with van der Waals surface area (Å²) >= 11 is 3.53. The lowest BCUT2D eigenvalue weighted by molar-refractivity contribution is 0.0159. The maximum Gasteiger partial charge on any atom is 0.274 e. The molecule has 0 bridgehead atoms. The number of halogens is 1. The quantitative estimate of drug-likeness (QED) is 0.291. The summed E-state index contributed by atoms with van der Waals surface area (Å²) in [6, 6.07) is 16.0. The zero-order chi connectivity index (χ0) is 25.8. The van der Waals surface area contributed by atoms with Crippen molar-refractivity contribution in [3.8, 4) is 0 Å². The van der Waals surface area contributed by atoms with E-state index in [4.69, 9.17) is 4.84 Å². The lowest BCUT2D eigenvalue weighted by atomic mass is 9.82. The Labute approximate surface area is 227 Å². The number of amides is 1. The van der Waals surface area contributed by atoms with Crippen molar-refractivity contribution in [3.05, 3.63) is 70.5 Å². The van der Waals surface area contributed by atoms with Gasteiger partial charge in [0.05, 0.1) is 22.9 Å². The van der Waals surface area contributed by atoms with E-state index >= 15 is 0 Å². The standard InChI is InChI=1S/C29H34BrN5O2/c1-3-37-33-27(21-8-10-23(30)11-9-21)22-12-16-35(17-13-22)29(2)14-18-34(19-15-29)28(36)26-20-31-24-6-4-5-7-25(24)32-26/h4-11,20,22H,3,12-19H2,1-2H3/b33-27+. The van der Waals surface area contributed by atoms with Crippen molar-refractivity contribution < 1.29 is 9.63 Å². The molecule has 2 aliphatic rings. The second-order valence-electron chi connectivity index (χ2n) is 10.2. The van der Waals surface area contributed by atoms with E-state index in [0.29, 0.717) is 18.2 Å². The van der Waals surface area contributed by atoms with E-state index in [1.54, 1.807) is 6.20 Å². The Morgan fingerprint density at radius 1 is 1.05 bits per heavy atom. The van der Waals surface area contributed by atoms with Crippen LogP contribution in [0.15, 0.2) is 64.4 Å². The molecule has 2 aliphatic heterocycles. The van der Waals surface area contributed by atoms with Gasteiger partial charge in [-0.15, -0.1) is 0 Å². The zero-order valence-corrected chi connectivity index (χ0v) is 23.2. The molecule has 7 nitrogen and oxygen atoms in total. The van der Waals surface area contributed by atoms with Gasteiger partial charge in [0.1, 0.15) is 12.3 Å². The van der Waals surface area contributed by atoms with Gasteiger partial charge in [0.2, 0.25) is 0 Å². The highest BCUT2D eigenvalue weighted by Gasteiger charge is 2.39. The van der Waals surface area contributed by atoms with Crippen LogP contribution in [-0.2, 0) is 4.84 Å². The molecule has 5 rings (SSSR count). The Balaban J connectivity index is 1.20. The summed E-state index contributed by atoms with van der Waals surface area (Å²) in [5, 5.41) is 4.53. The molecule has 0 atom stereocenters. The number of fused-ring (bicyclic) bond motifs is 1. The number of benzene rings is 2. The SMILES string of the molecule is CCO/N=C(\c1ccc(Br)cc1)C1CCN(C2(C)CCN(C(=O)c3cnc4ccccc4n3)CC2)CC1. The molecule has 0 saturated carbocycles. The van der Waals surface area contributed by atoms with Crippen LogP contribution in [-0.4, -0.2) is 69.7 Å². The third-order valence-electron chi connectivity index (χ3n) is 7.87. The van der Waals surface area contributed by atoms with Gasteiger partial charge >= 0.3 is 0 Å². The van der Waals surface area contributed by atoms with Crippen LogP contribution in [0.1, 0.15) is 55.6 Å². The molecule has 1 aromatic heterocycles. The average Bonchev–Trinajstić information content (AvgIpc) is 2.94. The first kappa shape index (κ1) is 25.8.